The number of carboxylic acid groups (broad SMARTS) is 1. The van der Waals surface area contributed by atoms with Gasteiger partial charge in [0.2, 0.25) is 0 Å². The van der Waals surface area contributed by atoms with Gasteiger partial charge in [0, 0.05) is 19.5 Å². The predicted octanol–water partition coefficient (Wildman–Crippen LogP) is 2.37. The Morgan fingerprint density at radius 2 is 1.89 bits per heavy atom. The fourth-order valence-electron chi connectivity index (χ4n) is 2.75. The van der Waals surface area contributed by atoms with Crippen LogP contribution in [0.2, 0.25) is 0 Å². The third-order valence-corrected chi connectivity index (χ3v) is 4.17. The number of hydrogen-bond donors (Lipinski definition) is 3. The highest BCUT2D eigenvalue weighted by Gasteiger charge is 2.32. The maximum Gasteiger partial charge on any atom is 0.314 e. The van der Waals surface area contributed by atoms with Crippen molar-refractivity contribution in [1.29, 1.82) is 0 Å². The summed E-state index contributed by atoms with van der Waals surface area (Å²) in [6.07, 6.45) is 6.08. The normalized spacial score (nSPS) is 18.8. The molecule has 3 N–H and O–H groups in total. The number of carbonyl (C=O) groups is 2. The molecule has 0 heterocycles. The number of amides is 2. The summed E-state index contributed by atoms with van der Waals surface area (Å²) >= 11 is 0. The van der Waals surface area contributed by atoms with Gasteiger partial charge in [-0.3, -0.25) is 4.79 Å². The van der Waals surface area contributed by atoms with Crippen molar-refractivity contribution in [2.75, 3.05) is 13.1 Å². The van der Waals surface area contributed by atoms with Crippen LogP contribution in [-0.4, -0.2) is 30.2 Å². The first-order valence-corrected chi connectivity index (χ1v) is 7.21. The highest BCUT2D eigenvalue weighted by Crippen LogP contribution is 2.40. The molecule has 1 atom stereocenters. The van der Waals surface area contributed by atoms with Crippen molar-refractivity contribution in [2.45, 2.75) is 52.4 Å². The van der Waals surface area contributed by atoms with Crippen LogP contribution in [0.1, 0.15) is 52.4 Å². The van der Waals surface area contributed by atoms with Crippen molar-refractivity contribution in [3.8, 4) is 0 Å². The van der Waals surface area contributed by atoms with E-state index in [1.807, 2.05) is 6.92 Å². The summed E-state index contributed by atoms with van der Waals surface area (Å²) < 4.78 is 0. The van der Waals surface area contributed by atoms with E-state index in [0.717, 1.165) is 13.0 Å². The summed E-state index contributed by atoms with van der Waals surface area (Å²) in [4.78, 5) is 22.2. The quantitative estimate of drug-likeness (QED) is 0.664. The van der Waals surface area contributed by atoms with Crippen molar-refractivity contribution in [3.05, 3.63) is 0 Å². The highest BCUT2D eigenvalue weighted by molar-refractivity contribution is 5.74. The zero-order valence-electron chi connectivity index (χ0n) is 12.0. The third kappa shape index (κ3) is 5.49. The number of nitrogens with one attached hydrogen (secondary N) is 2. The molecular weight excluding hydrogens is 244 g/mol. The van der Waals surface area contributed by atoms with E-state index in [2.05, 4.69) is 17.6 Å². The Labute approximate surface area is 115 Å². The molecule has 1 aliphatic rings. The first kappa shape index (κ1) is 15.8. The molecule has 5 nitrogen and oxygen atoms in total. The Hall–Kier alpha value is -1.26. The molecule has 0 saturated heterocycles. The zero-order valence-corrected chi connectivity index (χ0v) is 12.0. The van der Waals surface area contributed by atoms with Crippen LogP contribution < -0.4 is 10.6 Å². The topological polar surface area (TPSA) is 78.4 Å². The van der Waals surface area contributed by atoms with Crippen LogP contribution in [-0.2, 0) is 4.79 Å². The molecule has 0 aromatic carbocycles. The van der Waals surface area contributed by atoms with Gasteiger partial charge in [-0.15, -0.1) is 0 Å². The Kier molecular flexibility index (Phi) is 6.12. The third-order valence-electron chi connectivity index (χ3n) is 4.17. The molecule has 1 aliphatic carbocycles. The molecule has 5 heteroatoms. The molecule has 2 amide bonds. The van der Waals surface area contributed by atoms with Gasteiger partial charge in [0.1, 0.15) is 0 Å². The second-order valence-corrected chi connectivity index (χ2v) is 5.83. The van der Waals surface area contributed by atoms with E-state index in [9.17, 15) is 9.59 Å². The Morgan fingerprint density at radius 3 is 2.42 bits per heavy atom. The summed E-state index contributed by atoms with van der Waals surface area (Å²) in [5, 5.41) is 14.3. The summed E-state index contributed by atoms with van der Waals surface area (Å²) in [5.41, 5.74) is 0.282. The van der Waals surface area contributed by atoms with Crippen LogP contribution in [0, 0.1) is 11.3 Å². The average molecular weight is 270 g/mol. The lowest BCUT2D eigenvalue weighted by molar-refractivity contribution is -0.137. The molecule has 0 bridgehead atoms. The molecule has 1 saturated carbocycles. The lowest BCUT2D eigenvalue weighted by Gasteiger charge is -2.27. The van der Waals surface area contributed by atoms with Gasteiger partial charge in [0.05, 0.1) is 0 Å². The van der Waals surface area contributed by atoms with Crippen molar-refractivity contribution in [1.82, 2.24) is 10.6 Å². The standard InChI is InChI=1S/C14H26N2O3/c1-3-14(6-4-5-7-14)10-16-13(19)15-9-11(2)8-12(17)18/h11H,3-10H2,1-2H3,(H,17,18)(H2,15,16,19). The summed E-state index contributed by atoms with van der Waals surface area (Å²) in [6, 6.07) is -0.183. The average Bonchev–Trinajstić information content (AvgIpc) is 2.82. The van der Waals surface area contributed by atoms with Crippen molar-refractivity contribution >= 4 is 12.0 Å². The van der Waals surface area contributed by atoms with E-state index in [1.165, 1.54) is 25.7 Å². The van der Waals surface area contributed by atoms with Crippen molar-refractivity contribution < 1.29 is 14.7 Å². The van der Waals surface area contributed by atoms with E-state index in [1.54, 1.807) is 0 Å². The monoisotopic (exact) mass is 270 g/mol. The lowest BCUT2D eigenvalue weighted by Crippen LogP contribution is -2.43. The second kappa shape index (κ2) is 7.36. The molecule has 0 radical (unpaired) electrons. The maximum absolute atomic E-state index is 11.7. The minimum absolute atomic E-state index is 0.0464. The molecule has 0 aliphatic heterocycles. The Morgan fingerprint density at radius 1 is 1.26 bits per heavy atom. The molecule has 1 rings (SSSR count). The van der Waals surface area contributed by atoms with Crippen molar-refractivity contribution in [3.63, 3.8) is 0 Å². The minimum atomic E-state index is -0.828. The van der Waals surface area contributed by atoms with Gasteiger partial charge in [-0.25, -0.2) is 4.79 Å². The smallest absolute Gasteiger partial charge is 0.314 e. The highest BCUT2D eigenvalue weighted by atomic mass is 16.4. The molecule has 110 valence electrons. The fourth-order valence-corrected chi connectivity index (χ4v) is 2.75. The van der Waals surface area contributed by atoms with E-state index >= 15 is 0 Å². The van der Waals surface area contributed by atoms with E-state index in [4.69, 9.17) is 5.11 Å². The molecule has 0 aromatic heterocycles. The van der Waals surface area contributed by atoms with Gasteiger partial charge in [0.15, 0.2) is 0 Å². The van der Waals surface area contributed by atoms with Crippen LogP contribution in [0.15, 0.2) is 0 Å². The lowest BCUT2D eigenvalue weighted by atomic mass is 9.83. The number of rotatable bonds is 7. The molecule has 1 fully saturated rings. The van der Waals surface area contributed by atoms with Crippen LogP contribution in [0.25, 0.3) is 0 Å². The van der Waals surface area contributed by atoms with Gasteiger partial charge >= 0.3 is 12.0 Å². The SMILES string of the molecule is CCC1(CNC(=O)NCC(C)CC(=O)O)CCCC1. The van der Waals surface area contributed by atoms with Gasteiger partial charge in [-0.2, -0.15) is 0 Å². The molecule has 0 spiro atoms. The number of carboxylic acids is 1. The number of urea groups is 1. The number of aliphatic carboxylic acids is 1. The summed E-state index contributed by atoms with van der Waals surface area (Å²) in [5.74, 6) is -0.875. The molecule has 19 heavy (non-hydrogen) atoms. The number of hydrogen-bond acceptors (Lipinski definition) is 2. The Balaban J connectivity index is 2.22. The van der Waals surface area contributed by atoms with Crippen molar-refractivity contribution in [2.24, 2.45) is 11.3 Å². The van der Waals surface area contributed by atoms with Crippen LogP contribution in [0.4, 0.5) is 4.79 Å². The predicted molar refractivity (Wildman–Crippen MR) is 74.0 cm³/mol. The first-order valence-electron chi connectivity index (χ1n) is 7.21. The fraction of sp³-hybridized carbons (Fsp3) is 0.857. The second-order valence-electron chi connectivity index (χ2n) is 5.83. The van der Waals surface area contributed by atoms with Gasteiger partial charge < -0.3 is 15.7 Å². The van der Waals surface area contributed by atoms with Gasteiger partial charge in [-0.05, 0) is 30.6 Å². The summed E-state index contributed by atoms with van der Waals surface area (Å²) in [6.45, 7) is 5.12. The van der Waals surface area contributed by atoms with Gasteiger partial charge in [-0.1, -0.05) is 26.7 Å². The largest absolute Gasteiger partial charge is 0.481 e. The molecular formula is C14H26N2O3. The van der Waals surface area contributed by atoms with Crippen LogP contribution >= 0.6 is 0 Å². The first-order chi connectivity index (χ1) is 8.97. The number of carbonyl (C=O) groups excluding carboxylic acids is 1. The van der Waals surface area contributed by atoms with E-state index in [-0.39, 0.29) is 23.8 Å². The Bertz CT molecular complexity index is 312. The maximum atomic E-state index is 11.7. The minimum Gasteiger partial charge on any atom is -0.481 e. The molecule has 1 unspecified atom stereocenters. The zero-order chi connectivity index (χ0) is 14.3. The van der Waals surface area contributed by atoms with E-state index in [0.29, 0.717) is 6.54 Å². The van der Waals surface area contributed by atoms with Gasteiger partial charge in [0.25, 0.3) is 0 Å². The summed E-state index contributed by atoms with van der Waals surface area (Å²) in [7, 11) is 0. The van der Waals surface area contributed by atoms with Crippen LogP contribution in [0.5, 0.6) is 0 Å². The van der Waals surface area contributed by atoms with Crippen LogP contribution in [0.3, 0.4) is 0 Å². The molecule has 0 aromatic rings. The van der Waals surface area contributed by atoms with E-state index < -0.39 is 5.97 Å².